The van der Waals surface area contributed by atoms with Gasteiger partial charge in [0.05, 0.1) is 18.0 Å². The highest BCUT2D eigenvalue weighted by atomic mass is 16.5. The Bertz CT molecular complexity index is 568. The first-order valence-corrected chi connectivity index (χ1v) is 7.75. The minimum Gasteiger partial charge on any atom is -0.491 e. The minimum atomic E-state index is 0.203. The van der Waals surface area contributed by atoms with Crippen molar-refractivity contribution in [2.45, 2.75) is 38.7 Å². The molecule has 2 aromatic rings. The third-order valence-electron chi connectivity index (χ3n) is 3.86. The lowest BCUT2D eigenvalue weighted by Gasteiger charge is -2.20. The van der Waals surface area contributed by atoms with Gasteiger partial charge in [0.2, 0.25) is 0 Å². The van der Waals surface area contributed by atoms with Crippen LogP contribution in [0.4, 0.5) is 0 Å². The number of hydrogen-bond acceptors (Lipinski definition) is 3. The van der Waals surface area contributed by atoms with Gasteiger partial charge >= 0.3 is 0 Å². The standard InChI is InChI=1S/C17H23N3O/c1-12(2)21-15-5-3-13(4-6-15)16-11-19-17(20-16)14-7-9-18-10-8-14/h3-6,11-12,14,18H,7-10H2,1-2H3,(H,19,20). The van der Waals surface area contributed by atoms with Crippen LogP contribution in [-0.4, -0.2) is 29.2 Å². The van der Waals surface area contributed by atoms with Crippen LogP contribution in [0.5, 0.6) is 5.75 Å². The Kier molecular flexibility index (Phi) is 4.25. The molecule has 0 bridgehead atoms. The number of imidazole rings is 1. The molecular formula is C17H23N3O. The predicted molar refractivity (Wildman–Crippen MR) is 84.6 cm³/mol. The maximum atomic E-state index is 5.67. The van der Waals surface area contributed by atoms with Crippen molar-refractivity contribution >= 4 is 0 Å². The fourth-order valence-corrected chi connectivity index (χ4v) is 2.77. The van der Waals surface area contributed by atoms with Crippen LogP contribution in [-0.2, 0) is 0 Å². The molecule has 0 saturated carbocycles. The van der Waals surface area contributed by atoms with E-state index >= 15 is 0 Å². The number of aromatic nitrogens is 2. The third-order valence-corrected chi connectivity index (χ3v) is 3.86. The van der Waals surface area contributed by atoms with Gasteiger partial charge in [0, 0.05) is 5.92 Å². The summed E-state index contributed by atoms with van der Waals surface area (Å²) in [6, 6.07) is 8.19. The number of nitrogens with one attached hydrogen (secondary N) is 2. The Morgan fingerprint density at radius 1 is 1.14 bits per heavy atom. The lowest BCUT2D eigenvalue weighted by atomic mass is 9.98. The molecule has 2 heterocycles. The van der Waals surface area contributed by atoms with Crippen LogP contribution in [0.1, 0.15) is 38.4 Å². The van der Waals surface area contributed by atoms with Crippen molar-refractivity contribution in [2.75, 3.05) is 13.1 Å². The number of ether oxygens (including phenoxy) is 1. The van der Waals surface area contributed by atoms with Crippen molar-refractivity contribution in [3.05, 3.63) is 36.3 Å². The fourth-order valence-electron chi connectivity index (χ4n) is 2.77. The van der Waals surface area contributed by atoms with E-state index < -0.39 is 0 Å². The fraction of sp³-hybridized carbons (Fsp3) is 0.471. The summed E-state index contributed by atoms with van der Waals surface area (Å²) in [5.74, 6) is 2.59. The molecule has 1 aromatic heterocycles. The van der Waals surface area contributed by atoms with Crippen LogP contribution < -0.4 is 10.1 Å². The summed E-state index contributed by atoms with van der Waals surface area (Å²) in [5.41, 5.74) is 2.23. The highest BCUT2D eigenvalue weighted by molar-refractivity contribution is 5.59. The molecule has 1 aromatic carbocycles. The van der Waals surface area contributed by atoms with E-state index in [4.69, 9.17) is 4.74 Å². The Hall–Kier alpha value is -1.81. The Balaban J connectivity index is 1.73. The van der Waals surface area contributed by atoms with Gasteiger partial charge in [0.15, 0.2) is 0 Å². The van der Waals surface area contributed by atoms with Crippen LogP contribution in [0.2, 0.25) is 0 Å². The van der Waals surface area contributed by atoms with E-state index in [-0.39, 0.29) is 6.10 Å². The van der Waals surface area contributed by atoms with Crippen molar-refractivity contribution in [3.8, 4) is 17.0 Å². The number of benzene rings is 1. The SMILES string of the molecule is CC(C)Oc1ccc(-c2cnc(C3CCNCC3)[nH]2)cc1. The maximum Gasteiger partial charge on any atom is 0.119 e. The molecule has 3 rings (SSSR count). The van der Waals surface area contributed by atoms with Gasteiger partial charge in [-0.15, -0.1) is 0 Å². The van der Waals surface area contributed by atoms with Gasteiger partial charge in [-0.1, -0.05) is 0 Å². The molecule has 21 heavy (non-hydrogen) atoms. The number of hydrogen-bond donors (Lipinski definition) is 2. The smallest absolute Gasteiger partial charge is 0.119 e. The molecular weight excluding hydrogens is 262 g/mol. The summed E-state index contributed by atoms with van der Waals surface area (Å²) in [6.07, 6.45) is 4.47. The van der Waals surface area contributed by atoms with Crippen molar-refractivity contribution in [3.63, 3.8) is 0 Å². The number of rotatable bonds is 4. The molecule has 1 saturated heterocycles. The molecule has 4 nitrogen and oxygen atoms in total. The topological polar surface area (TPSA) is 49.9 Å². The van der Waals surface area contributed by atoms with Gasteiger partial charge in [-0.25, -0.2) is 4.98 Å². The van der Waals surface area contributed by atoms with Crippen molar-refractivity contribution < 1.29 is 4.74 Å². The quantitative estimate of drug-likeness (QED) is 0.906. The molecule has 0 atom stereocenters. The third kappa shape index (κ3) is 3.45. The molecule has 0 aliphatic carbocycles. The normalized spacial score (nSPS) is 16.3. The first-order valence-electron chi connectivity index (χ1n) is 7.75. The van der Waals surface area contributed by atoms with Crippen LogP contribution in [0.25, 0.3) is 11.3 Å². The van der Waals surface area contributed by atoms with Gasteiger partial charge in [0.1, 0.15) is 11.6 Å². The molecule has 0 radical (unpaired) electrons. The van der Waals surface area contributed by atoms with Gasteiger partial charge in [-0.05, 0) is 69.6 Å². The van der Waals surface area contributed by atoms with Gasteiger partial charge in [-0.2, -0.15) is 0 Å². The number of nitrogens with zero attached hydrogens (tertiary/aromatic N) is 1. The van der Waals surface area contributed by atoms with Crippen molar-refractivity contribution in [2.24, 2.45) is 0 Å². The lowest BCUT2D eigenvalue weighted by molar-refractivity contribution is 0.242. The summed E-state index contributed by atoms with van der Waals surface area (Å²) in [4.78, 5) is 8.05. The summed E-state index contributed by atoms with van der Waals surface area (Å²) in [6.45, 7) is 6.24. The van der Waals surface area contributed by atoms with Crippen LogP contribution in [0, 0.1) is 0 Å². The van der Waals surface area contributed by atoms with E-state index in [1.165, 1.54) is 0 Å². The molecule has 1 aliphatic heterocycles. The molecule has 1 fully saturated rings. The van der Waals surface area contributed by atoms with Crippen molar-refractivity contribution in [1.82, 2.24) is 15.3 Å². The summed E-state index contributed by atoms with van der Waals surface area (Å²) < 4.78 is 5.67. The largest absolute Gasteiger partial charge is 0.491 e. The average Bonchev–Trinajstić information content (AvgIpc) is 2.98. The monoisotopic (exact) mass is 285 g/mol. The second-order valence-corrected chi connectivity index (χ2v) is 5.90. The second kappa shape index (κ2) is 6.31. The van der Waals surface area contributed by atoms with Gasteiger partial charge < -0.3 is 15.0 Å². The van der Waals surface area contributed by atoms with Crippen molar-refractivity contribution in [1.29, 1.82) is 0 Å². The van der Waals surface area contributed by atoms with Crippen LogP contribution >= 0.6 is 0 Å². The van der Waals surface area contributed by atoms with E-state index in [0.717, 1.165) is 48.8 Å². The average molecular weight is 285 g/mol. The van der Waals surface area contributed by atoms with E-state index in [2.05, 4.69) is 27.4 Å². The van der Waals surface area contributed by atoms with E-state index in [1.807, 2.05) is 32.2 Å². The number of piperidine rings is 1. The molecule has 4 heteroatoms. The summed E-state index contributed by atoms with van der Waals surface area (Å²) in [5, 5.41) is 3.39. The van der Waals surface area contributed by atoms with Gasteiger partial charge in [-0.3, -0.25) is 0 Å². The number of aromatic amines is 1. The van der Waals surface area contributed by atoms with Crippen LogP contribution in [0.15, 0.2) is 30.5 Å². The highest BCUT2D eigenvalue weighted by Gasteiger charge is 2.18. The minimum absolute atomic E-state index is 0.203. The first-order chi connectivity index (χ1) is 10.2. The Morgan fingerprint density at radius 2 is 1.86 bits per heavy atom. The highest BCUT2D eigenvalue weighted by Crippen LogP contribution is 2.26. The molecule has 1 aliphatic rings. The summed E-state index contributed by atoms with van der Waals surface area (Å²) in [7, 11) is 0. The summed E-state index contributed by atoms with van der Waals surface area (Å²) >= 11 is 0. The lowest BCUT2D eigenvalue weighted by Crippen LogP contribution is -2.27. The zero-order valence-electron chi connectivity index (χ0n) is 12.7. The second-order valence-electron chi connectivity index (χ2n) is 5.90. The molecule has 0 spiro atoms. The predicted octanol–water partition coefficient (Wildman–Crippen LogP) is 3.33. The van der Waals surface area contributed by atoms with E-state index in [1.54, 1.807) is 0 Å². The van der Waals surface area contributed by atoms with E-state index in [9.17, 15) is 0 Å². The zero-order chi connectivity index (χ0) is 14.7. The first kappa shape index (κ1) is 14.1. The zero-order valence-corrected chi connectivity index (χ0v) is 12.7. The van der Waals surface area contributed by atoms with Crippen LogP contribution in [0.3, 0.4) is 0 Å². The Labute approximate surface area is 125 Å². The molecule has 112 valence electrons. The van der Waals surface area contributed by atoms with Gasteiger partial charge in [0.25, 0.3) is 0 Å². The molecule has 0 unspecified atom stereocenters. The maximum absolute atomic E-state index is 5.67. The number of H-pyrrole nitrogens is 1. The Morgan fingerprint density at radius 3 is 2.52 bits per heavy atom. The van der Waals surface area contributed by atoms with E-state index in [0.29, 0.717) is 5.92 Å². The molecule has 2 N–H and O–H groups in total. The molecule has 0 amide bonds.